The van der Waals surface area contributed by atoms with Crippen LogP contribution in [0, 0.1) is 0 Å². The van der Waals surface area contributed by atoms with Crippen molar-refractivity contribution in [2.45, 2.75) is 6.54 Å². The van der Waals surface area contributed by atoms with Crippen molar-refractivity contribution >= 4 is 5.78 Å². The third kappa shape index (κ3) is 3.76. The topological polar surface area (TPSA) is 26.3 Å². The highest BCUT2D eigenvalue weighted by Crippen LogP contribution is 2.13. The first-order valence-corrected chi connectivity index (χ1v) is 5.34. The van der Waals surface area contributed by atoms with E-state index in [1.165, 1.54) is 0 Å². The lowest BCUT2D eigenvalue weighted by molar-refractivity contribution is -0.884. The zero-order valence-corrected chi connectivity index (χ0v) is 10.5. The third-order valence-corrected chi connectivity index (χ3v) is 2.24. The molecule has 0 bridgehead atoms. The van der Waals surface area contributed by atoms with E-state index in [9.17, 15) is 4.79 Å². The van der Waals surface area contributed by atoms with Crippen LogP contribution in [-0.4, -0.2) is 45.1 Å². The molecule has 1 rings (SSSR count). The Kier molecular flexibility index (Phi) is 4.21. The van der Waals surface area contributed by atoms with Crippen LogP contribution in [0.5, 0.6) is 0 Å². The molecule has 1 aromatic rings. The first-order chi connectivity index (χ1) is 7.44. The van der Waals surface area contributed by atoms with Crippen LogP contribution in [0.4, 0.5) is 0 Å². The van der Waals surface area contributed by atoms with Gasteiger partial charge < -0.3 is 9.22 Å². The Morgan fingerprint density at radius 2 is 1.88 bits per heavy atom. The van der Waals surface area contributed by atoms with Gasteiger partial charge in [0.1, 0.15) is 13.2 Å². The number of ether oxygens (including phenoxy) is 1. The zero-order valence-electron chi connectivity index (χ0n) is 10.5. The fourth-order valence-electron chi connectivity index (χ4n) is 1.65. The highest BCUT2D eigenvalue weighted by Gasteiger charge is 2.16. The molecule has 1 aromatic carbocycles. The number of carbonyl (C=O) groups excluding carboxylic acids is 1. The van der Waals surface area contributed by atoms with Gasteiger partial charge in [-0.2, -0.15) is 0 Å². The maximum Gasteiger partial charge on any atom is 0.188 e. The van der Waals surface area contributed by atoms with Gasteiger partial charge in [-0.15, -0.1) is 0 Å². The normalized spacial score (nSPS) is 11.5. The molecule has 0 aromatic heterocycles. The molecule has 0 saturated carbocycles. The van der Waals surface area contributed by atoms with Gasteiger partial charge in [-0.05, 0) is 0 Å². The van der Waals surface area contributed by atoms with Crippen LogP contribution in [0.15, 0.2) is 24.3 Å². The third-order valence-electron chi connectivity index (χ3n) is 2.24. The summed E-state index contributed by atoms with van der Waals surface area (Å²) in [6.07, 6.45) is 0. The van der Waals surface area contributed by atoms with E-state index < -0.39 is 0 Å². The summed E-state index contributed by atoms with van der Waals surface area (Å²) in [6, 6.07) is 7.73. The molecule has 0 aliphatic rings. The molecule has 88 valence electrons. The predicted molar refractivity (Wildman–Crippen MR) is 64.4 cm³/mol. The molecule has 0 unspecified atom stereocenters. The first kappa shape index (κ1) is 12.9. The molecule has 0 saturated heterocycles. The fourth-order valence-corrected chi connectivity index (χ4v) is 1.65. The molecule has 0 spiro atoms. The lowest BCUT2D eigenvalue weighted by Crippen LogP contribution is -2.34. The lowest BCUT2D eigenvalue weighted by atomic mass is 10.0. The molecule has 0 atom stereocenters. The van der Waals surface area contributed by atoms with Crippen LogP contribution in [0.2, 0.25) is 0 Å². The molecule has 0 amide bonds. The van der Waals surface area contributed by atoms with E-state index in [0.717, 1.165) is 22.2 Å². The van der Waals surface area contributed by atoms with E-state index in [1.54, 1.807) is 7.11 Å². The van der Waals surface area contributed by atoms with E-state index in [1.807, 2.05) is 24.3 Å². The minimum absolute atomic E-state index is 0.0477. The lowest BCUT2D eigenvalue weighted by Gasteiger charge is -2.24. The fraction of sp³-hybridized carbons (Fsp3) is 0.462. The molecule has 0 radical (unpaired) electrons. The second kappa shape index (κ2) is 5.23. The van der Waals surface area contributed by atoms with Crippen molar-refractivity contribution in [3.05, 3.63) is 35.4 Å². The SMILES string of the molecule is COCC(=O)c1ccccc1C[N+](C)(C)C. The average Bonchev–Trinajstić information content (AvgIpc) is 2.16. The van der Waals surface area contributed by atoms with Gasteiger partial charge in [0.15, 0.2) is 5.78 Å². The van der Waals surface area contributed by atoms with Gasteiger partial charge in [-0.1, -0.05) is 24.3 Å². The summed E-state index contributed by atoms with van der Waals surface area (Å²) >= 11 is 0. The summed E-state index contributed by atoms with van der Waals surface area (Å²) in [4.78, 5) is 11.8. The van der Waals surface area contributed by atoms with E-state index >= 15 is 0 Å². The number of carbonyl (C=O) groups is 1. The minimum Gasteiger partial charge on any atom is -0.377 e. The Morgan fingerprint density at radius 3 is 2.44 bits per heavy atom. The van der Waals surface area contributed by atoms with E-state index in [4.69, 9.17) is 4.74 Å². The van der Waals surface area contributed by atoms with Crippen LogP contribution in [-0.2, 0) is 11.3 Å². The van der Waals surface area contributed by atoms with Crippen LogP contribution in [0.1, 0.15) is 15.9 Å². The van der Waals surface area contributed by atoms with Gasteiger partial charge in [0.05, 0.1) is 21.1 Å². The van der Waals surface area contributed by atoms with Crippen LogP contribution in [0.25, 0.3) is 0 Å². The van der Waals surface area contributed by atoms with E-state index in [0.29, 0.717) is 0 Å². The van der Waals surface area contributed by atoms with Gasteiger partial charge >= 0.3 is 0 Å². The van der Waals surface area contributed by atoms with Crippen molar-refractivity contribution in [1.29, 1.82) is 0 Å². The number of benzene rings is 1. The summed E-state index contributed by atoms with van der Waals surface area (Å²) in [7, 11) is 7.87. The Hall–Kier alpha value is -1.19. The minimum atomic E-state index is 0.0477. The van der Waals surface area contributed by atoms with Crippen molar-refractivity contribution in [3.63, 3.8) is 0 Å². The van der Waals surface area contributed by atoms with Crippen molar-refractivity contribution in [1.82, 2.24) is 0 Å². The van der Waals surface area contributed by atoms with E-state index in [2.05, 4.69) is 21.1 Å². The van der Waals surface area contributed by atoms with Gasteiger partial charge in [0.25, 0.3) is 0 Å². The van der Waals surface area contributed by atoms with Gasteiger partial charge in [0, 0.05) is 18.2 Å². The number of Topliss-reactive ketones (excluding diaryl/α,β-unsaturated/α-hetero) is 1. The highest BCUT2D eigenvalue weighted by atomic mass is 16.5. The maximum atomic E-state index is 11.8. The largest absolute Gasteiger partial charge is 0.377 e. The molecule has 3 nitrogen and oxygen atoms in total. The number of hydrogen-bond donors (Lipinski definition) is 0. The molecular weight excluding hydrogens is 202 g/mol. The molecule has 16 heavy (non-hydrogen) atoms. The first-order valence-electron chi connectivity index (χ1n) is 5.34. The van der Waals surface area contributed by atoms with Gasteiger partial charge in [0.2, 0.25) is 0 Å². The van der Waals surface area contributed by atoms with Crippen LogP contribution in [0.3, 0.4) is 0 Å². The van der Waals surface area contributed by atoms with Crippen molar-refractivity contribution in [2.24, 2.45) is 0 Å². The summed E-state index contributed by atoms with van der Waals surface area (Å²) in [6.45, 7) is 0.986. The molecular formula is C13H20NO2+. The Balaban J connectivity index is 2.96. The molecule has 0 aliphatic carbocycles. The van der Waals surface area contributed by atoms with Crippen molar-refractivity contribution in [2.75, 3.05) is 34.9 Å². The molecule has 0 N–H and O–H groups in total. The zero-order chi connectivity index (χ0) is 12.2. The summed E-state index contributed by atoms with van der Waals surface area (Å²) in [5.74, 6) is 0.0477. The maximum absolute atomic E-state index is 11.8. The smallest absolute Gasteiger partial charge is 0.188 e. The molecule has 0 aliphatic heterocycles. The standard InChI is InChI=1S/C13H20NO2/c1-14(2,3)9-11-7-5-6-8-12(11)13(15)10-16-4/h5-8H,9-10H2,1-4H3/q+1. The van der Waals surface area contributed by atoms with Crippen LogP contribution >= 0.6 is 0 Å². The van der Waals surface area contributed by atoms with Crippen molar-refractivity contribution < 1.29 is 14.0 Å². The molecule has 0 heterocycles. The Morgan fingerprint density at radius 1 is 1.25 bits per heavy atom. The number of nitrogens with zero attached hydrogens (tertiary/aromatic N) is 1. The highest BCUT2D eigenvalue weighted by molar-refractivity contribution is 5.98. The van der Waals surface area contributed by atoms with Crippen molar-refractivity contribution in [3.8, 4) is 0 Å². The monoisotopic (exact) mass is 222 g/mol. The van der Waals surface area contributed by atoms with Gasteiger partial charge in [-0.3, -0.25) is 4.79 Å². The molecule has 3 heteroatoms. The predicted octanol–water partition coefficient (Wildman–Crippen LogP) is 1.72. The second-order valence-electron chi connectivity index (χ2n) is 4.96. The molecule has 0 fully saturated rings. The number of quaternary nitrogens is 1. The number of methoxy groups -OCH3 is 1. The number of hydrogen-bond acceptors (Lipinski definition) is 2. The summed E-state index contributed by atoms with van der Waals surface area (Å²) in [5.41, 5.74) is 1.86. The summed E-state index contributed by atoms with van der Waals surface area (Å²) in [5, 5.41) is 0. The number of ketones is 1. The van der Waals surface area contributed by atoms with Gasteiger partial charge in [-0.25, -0.2) is 0 Å². The Labute approximate surface area is 97.2 Å². The van der Waals surface area contributed by atoms with E-state index in [-0.39, 0.29) is 12.4 Å². The Bertz CT molecular complexity index is 366. The number of rotatable bonds is 5. The average molecular weight is 222 g/mol. The second-order valence-corrected chi connectivity index (χ2v) is 4.96. The van der Waals surface area contributed by atoms with Crippen LogP contribution < -0.4 is 0 Å². The quantitative estimate of drug-likeness (QED) is 0.560. The summed E-state index contributed by atoms with van der Waals surface area (Å²) < 4.78 is 5.69.